The fourth-order valence-corrected chi connectivity index (χ4v) is 2.08. The molecule has 0 amide bonds. The predicted molar refractivity (Wildman–Crippen MR) is 68.2 cm³/mol. The van der Waals surface area contributed by atoms with Crippen LogP contribution in [0.25, 0.3) is 0 Å². The lowest BCUT2D eigenvalue weighted by Crippen LogP contribution is -2.69. The Bertz CT molecular complexity index is 710. The van der Waals surface area contributed by atoms with Crippen molar-refractivity contribution in [2.75, 3.05) is 0 Å². The summed E-state index contributed by atoms with van der Waals surface area (Å²) in [6.45, 7) is 1.91. The molecule has 156 valence electrons. The van der Waals surface area contributed by atoms with Gasteiger partial charge in [0.05, 0.1) is 0 Å². The van der Waals surface area contributed by atoms with Gasteiger partial charge in [-0.25, -0.2) is 0 Å². The third kappa shape index (κ3) is 3.21. The quantitative estimate of drug-likeness (QED) is 0.380. The van der Waals surface area contributed by atoms with E-state index in [2.05, 4.69) is 16.6 Å². The third-order valence-corrected chi connectivity index (χ3v) is 3.68. The van der Waals surface area contributed by atoms with Crippen LogP contribution in [0.5, 0.6) is 0 Å². The number of hydrogen-bond acceptors (Lipinski definition) is 1. The van der Waals surface area contributed by atoms with Crippen molar-refractivity contribution in [3.05, 3.63) is 29.1 Å². The first-order chi connectivity index (χ1) is 11.7. The maximum atomic E-state index is 13.9. The molecular weight excluding hydrogens is 434 g/mol. The Morgan fingerprint density at radius 2 is 1.11 bits per heavy atom. The van der Waals surface area contributed by atoms with Crippen molar-refractivity contribution in [3.8, 4) is 0 Å². The number of nitrogens with zero attached hydrogens (tertiary/aromatic N) is 1. The summed E-state index contributed by atoms with van der Waals surface area (Å²) >= 11 is 3.60. The largest absolute Gasteiger partial charge is 0.393 e. The van der Waals surface area contributed by atoms with Gasteiger partial charge in [0.15, 0.2) is 0 Å². The molecule has 0 saturated heterocycles. The average Bonchev–Trinajstić information content (AvgIpc) is 2.44. The summed E-state index contributed by atoms with van der Waals surface area (Å²) in [6, 6.07) is 0.740. The molecule has 0 spiro atoms. The average molecular weight is 442 g/mol. The number of aryl methyl sites for hydroxylation is 2. The molecule has 1 rings (SSSR count). The van der Waals surface area contributed by atoms with E-state index < -0.39 is 46.3 Å². The zero-order chi connectivity index (χ0) is 21.9. The number of rotatable bonds is 6. The standard InChI is InChI=1S/C13H8ClF12N/c1-5-3-6(2)7(27-4-5)8(15,16)9(17,18)10(19,20)11(21,22)12(23,24)13(14,25)26/h3-4H,1-2H3. The molecule has 1 aromatic heterocycles. The van der Waals surface area contributed by atoms with Gasteiger partial charge in [-0.3, -0.25) is 4.98 Å². The molecule has 0 saturated carbocycles. The molecule has 0 aliphatic carbocycles. The van der Waals surface area contributed by atoms with E-state index in [0.717, 1.165) is 6.07 Å². The van der Waals surface area contributed by atoms with Crippen LogP contribution in [0, 0.1) is 13.8 Å². The fraction of sp³-hybridized carbons (Fsp3) is 0.615. The molecule has 0 aromatic carbocycles. The van der Waals surface area contributed by atoms with E-state index in [0.29, 0.717) is 13.1 Å². The van der Waals surface area contributed by atoms with Crippen LogP contribution >= 0.6 is 11.6 Å². The van der Waals surface area contributed by atoms with Crippen molar-refractivity contribution in [2.24, 2.45) is 0 Å². The molecule has 1 nitrogen and oxygen atoms in total. The molecule has 0 aliphatic heterocycles. The van der Waals surface area contributed by atoms with E-state index in [1.807, 2.05) is 0 Å². The van der Waals surface area contributed by atoms with Crippen molar-refractivity contribution in [1.29, 1.82) is 0 Å². The van der Waals surface area contributed by atoms with Crippen molar-refractivity contribution >= 4 is 11.6 Å². The van der Waals surface area contributed by atoms with E-state index in [9.17, 15) is 52.7 Å². The minimum atomic E-state index is -7.67. The Morgan fingerprint density at radius 3 is 1.48 bits per heavy atom. The molecule has 1 aromatic rings. The minimum Gasteiger partial charge on any atom is -0.254 e. The van der Waals surface area contributed by atoms with Crippen LogP contribution in [0.15, 0.2) is 12.3 Å². The first-order valence-corrected chi connectivity index (χ1v) is 6.93. The summed E-state index contributed by atoms with van der Waals surface area (Å²) in [5.41, 5.74) is -2.91. The maximum Gasteiger partial charge on any atom is 0.393 e. The van der Waals surface area contributed by atoms with Crippen LogP contribution in [0.4, 0.5) is 52.7 Å². The smallest absolute Gasteiger partial charge is 0.254 e. The van der Waals surface area contributed by atoms with E-state index >= 15 is 0 Å². The van der Waals surface area contributed by atoms with Gasteiger partial charge in [0, 0.05) is 6.20 Å². The third-order valence-electron chi connectivity index (χ3n) is 3.45. The molecule has 0 aliphatic rings. The summed E-state index contributed by atoms with van der Waals surface area (Å²) in [5.74, 6) is -36.1. The van der Waals surface area contributed by atoms with Crippen LogP contribution in [-0.4, -0.2) is 34.1 Å². The van der Waals surface area contributed by atoms with Crippen LogP contribution in [-0.2, 0) is 5.92 Å². The number of aromatic nitrogens is 1. The Balaban J connectivity index is 3.63. The minimum absolute atomic E-state index is 0.0840. The SMILES string of the molecule is Cc1cnc(C(F)(F)C(F)(F)C(F)(F)C(F)(F)C(F)(F)C(F)(F)Cl)c(C)c1. The summed E-state index contributed by atoms with van der Waals surface area (Å²) in [4.78, 5) is 2.75. The Kier molecular flexibility index (Phi) is 5.52. The molecule has 0 radical (unpaired) electrons. The van der Waals surface area contributed by atoms with E-state index in [-0.39, 0.29) is 5.56 Å². The Hall–Kier alpha value is -1.40. The number of pyridine rings is 1. The van der Waals surface area contributed by atoms with Gasteiger partial charge in [0.25, 0.3) is 0 Å². The topological polar surface area (TPSA) is 12.9 Å². The second kappa shape index (κ2) is 6.31. The lowest BCUT2D eigenvalue weighted by molar-refractivity contribution is -0.419. The molecule has 0 bridgehead atoms. The highest BCUT2D eigenvalue weighted by atomic mass is 35.5. The van der Waals surface area contributed by atoms with Crippen molar-refractivity contribution in [2.45, 2.75) is 48.8 Å². The molecule has 0 unspecified atom stereocenters. The fourth-order valence-electron chi connectivity index (χ4n) is 1.96. The highest BCUT2D eigenvalue weighted by Gasteiger charge is 2.90. The lowest BCUT2D eigenvalue weighted by atomic mass is 9.91. The number of halogens is 13. The van der Waals surface area contributed by atoms with Crippen LogP contribution < -0.4 is 0 Å². The summed E-state index contributed by atoms with van der Waals surface area (Å²) in [6.07, 6.45) is 0.490. The lowest BCUT2D eigenvalue weighted by Gasteiger charge is -2.40. The molecular formula is C13H8ClF12N. The summed E-state index contributed by atoms with van der Waals surface area (Å²) in [5, 5.41) is -6.46. The molecule has 27 heavy (non-hydrogen) atoms. The van der Waals surface area contributed by atoms with Crippen molar-refractivity contribution < 1.29 is 52.7 Å². The van der Waals surface area contributed by atoms with E-state index in [1.54, 1.807) is 0 Å². The van der Waals surface area contributed by atoms with E-state index in [4.69, 9.17) is 0 Å². The predicted octanol–water partition coefficient (Wildman–Crippen LogP) is 6.16. The van der Waals surface area contributed by atoms with Crippen molar-refractivity contribution in [3.63, 3.8) is 0 Å². The van der Waals surface area contributed by atoms with Gasteiger partial charge in [-0.2, -0.15) is 52.7 Å². The Morgan fingerprint density at radius 1 is 0.704 bits per heavy atom. The first kappa shape index (κ1) is 23.6. The summed E-state index contributed by atoms with van der Waals surface area (Å²) < 4.78 is 160. The highest BCUT2D eigenvalue weighted by molar-refractivity contribution is 6.22. The van der Waals surface area contributed by atoms with Crippen LogP contribution in [0.1, 0.15) is 16.8 Å². The van der Waals surface area contributed by atoms with Gasteiger partial charge in [0.2, 0.25) is 0 Å². The second-order valence-electron chi connectivity index (χ2n) is 5.55. The van der Waals surface area contributed by atoms with Gasteiger partial charge in [-0.05, 0) is 36.6 Å². The van der Waals surface area contributed by atoms with Crippen LogP contribution in [0.2, 0.25) is 0 Å². The molecule has 0 N–H and O–H groups in total. The molecule has 0 fully saturated rings. The van der Waals surface area contributed by atoms with Crippen molar-refractivity contribution in [1.82, 2.24) is 4.98 Å². The van der Waals surface area contributed by atoms with E-state index in [1.165, 1.54) is 6.92 Å². The first-order valence-electron chi connectivity index (χ1n) is 6.55. The van der Waals surface area contributed by atoms with Gasteiger partial charge in [-0.15, -0.1) is 0 Å². The second-order valence-corrected chi connectivity index (χ2v) is 6.02. The number of hydrogen-bond donors (Lipinski definition) is 0. The molecule has 14 heteroatoms. The van der Waals surface area contributed by atoms with Gasteiger partial charge in [-0.1, -0.05) is 6.07 Å². The Labute approximate surface area is 148 Å². The maximum absolute atomic E-state index is 13.9. The number of alkyl halides is 13. The highest BCUT2D eigenvalue weighted by Crippen LogP contribution is 2.62. The molecule has 0 atom stereocenters. The van der Waals surface area contributed by atoms with Crippen LogP contribution in [0.3, 0.4) is 0 Å². The van der Waals surface area contributed by atoms with Gasteiger partial charge in [0.1, 0.15) is 5.69 Å². The van der Waals surface area contributed by atoms with Gasteiger partial charge < -0.3 is 0 Å². The normalized spacial score (nSPS) is 15.2. The summed E-state index contributed by atoms with van der Waals surface area (Å²) in [7, 11) is 0. The zero-order valence-electron chi connectivity index (χ0n) is 13.0. The van der Waals surface area contributed by atoms with Gasteiger partial charge >= 0.3 is 35.0 Å². The molecule has 1 heterocycles. The monoisotopic (exact) mass is 441 g/mol. The zero-order valence-corrected chi connectivity index (χ0v) is 13.8.